The molecule has 0 heterocycles. The van der Waals surface area contributed by atoms with Crippen molar-refractivity contribution in [3.8, 4) is 0 Å². The van der Waals surface area contributed by atoms with Crippen molar-refractivity contribution in [1.29, 1.82) is 0 Å². The molecule has 1 unspecified atom stereocenters. The van der Waals surface area contributed by atoms with E-state index in [2.05, 4.69) is 24.4 Å². The summed E-state index contributed by atoms with van der Waals surface area (Å²) in [5, 5.41) is 12.1. The van der Waals surface area contributed by atoms with Crippen molar-refractivity contribution in [1.82, 2.24) is 10.2 Å². The molecule has 1 aromatic rings. The van der Waals surface area contributed by atoms with Gasteiger partial charge in [-0.25, -0.2) is 4.79 Å². The van der Waals surface area contributed by atoms with Crippen LogP contribution in [0.5, 0.6) is 0 Å². The second-order valence-corrected chi connectivity index (χ2v) is 6.70. The van der Waals surface area contributed by atoms with Crippen molar-refractivity contribution >= 4 is 12.0 Å². The highest BCUT2D eigenvalue weighted by molar-refractivity contribution is 5.75. The molecule has 0 aromatic heterocycles. The van der Waals surface area contributed by atoms with E-state index in [1.807, 2.05) is 25.2 Å². The van der Waals surface area contributed by atoms with Crippen LogP contribution in [-0.2, 0) is 11.2 Å². The van der Waals surface area contributed by atoms with Gasteiger partial charge in [-0.15, -0.1) is 0 Å². The Kier molecular flexibility index (Phi) is 6.64. The van der Waals surface area contributed by atoms with Crippen molar-refractivity contribution in [2.75, 3.05) is 7.05 Å². The van der Waals surface area contributed by atoms with Crippen molar-refractivity contribution in [3.63, 3.8) is 0 Å². The predicted octanol–water partition coefficient (Wildman–Crippen LogP) is 3.29. The normalized spacial score (nSPS) is 21.8. The van der Waals surface area contributed by atoms with Crippen LogP contribution in [0.1, 0.15) is 44.6 Å². The Balaban J connectivity index is 1.85. The number of carbonyl (C=O) groups excluding carboxylic acids is 1. The van der Waals surface area contributed by atoms with Crippen LogP contribution in [0.4, 0.5) is 4.79 Å². The number of hydrogen-bond donors (Lipinski definition) is 2. The van der Waals surface area contributed by atoms with Crippen LogP contribution in [0, 0.1) is 5.92 Å². The molecule has 1 aliphatic rings. The molecular weight excluding hydrogens is 304 g/mol. The highest BCUT2D eigenvalue weighted by Crippen LogP contribution is 2.24. The molecule has 2 rings (SSSR count). The zero-order chi connectivity index (χ0) is 17.5. The number of aliphatic carboxylic acids is 1. The van der Waals surface area contributed by atoms with Crippen LogP contribution in [0.25, 0.3) is 0 Å². The summed E-state index contributed by atoms with van der Waals surface area (Å²) in [5.41, 5.74) is 1.23. The molecule has 24 heavy (non-hydrogen) atoms. The Morgan fingerprint density at radius 2 is 1.83 bits per heavy atom. The number of hydrogen-bond acceptors (Lipinski definition) is 2. The summed E-state index contributed by atoms with van der Waals surface area (Å²) >= 11 is 0. The number of carbonyl (C=O) groups is 2. The van der Waals surface area contributed by atoms with E-state index in [4.69, 9.17) is 5.11 Å². The molecule has 2 N–H and O–H groups in total. The highest BCUT2D eigenvalue weighted by Gasteiger charge is 2.28. The number of nitrogens with one attached hydrogen (secondary N) is 1. The van der Waals surface area contributed by atoms with Crippen LogP contribution >= 0.6 is 0 Å². The zero-order valence-corrected chi connectivity index (χ0v) is 14.6. The average Bonchev–Trinajstić information content (AvgIpc) is 2.60. The molecular formula is C19H28N2O3. The van der Waals surface area contributed by atoms with Crippen LogP contribution in [0.3, 0.4) is 0 Å². The van der Waals surface area contributed by atoms with Crippen LogP contribution in [0.15, 0.2) is 30.3 Å². The van der Waals surface area contributed by atoms with E-state index in [0.29, 0.717) is 12.8 Å². The highest BCUT2D eigenvalue weighted by atomic mass is 16.4. The van der Waals surface area contributed by atoms with Gasteiger partial charge in [0.05, 0.1) is 5.92 Å². The fourth-order valence-electron chi connectivity index (χ4n) is 3.37. The van der Waals surface area contributed by atoms with Gasteiger partial charge in [-0.1, -0.05) is 37.3 Å². The molecule has 0 aliphatic heterocycles. The quantitative estimate of drug-likeness (QED) is 0.840. The summed E-state index contributed by atoms with van der Waals surface area (Å²) in [6.07, 6.45) is 4.51. The molecule has 132 valence electrons. The number of likely N-dealkylation sites (N-methyl/N-ethyl adjacent to an activating group) is 1. The summed E-state index contributed by atoms with van der Waals surface area (Å²) < 4.78 is 0. The van der Waals surface area contributed by atoms with Gasteiger partial charge in [-0.3, -0.25) is 4.79 Å². The molecule has 2 amide bonds. The lowest BCUT2D eigenvalue weighted by atomic mass is 9.86. The van der Waals surface area contributed by atoms with Gasteiger partial charge in [0.2, 0.25) is 0 Å². The van der Waals surface area contributed by atoms with Crippen LogP contribution < -0.4 is 5.32 Å². The predicted molar refractivity (Wildman–Crippen MR) is 93.9 cm³/mol. The number of urea groups is 1. The lowest BCUT2D eigenvalue weighted by Gasteiger charge is -2.32. The molecule has 1 aromatic carbocycles. The van der Waals surface area contributed by atoms with Crippen molar-refractivity contribution in [2.45, 2.75) is 57.5 Å². The number of benzene rings is 1. The number of nitrogens with zero attached hydrogens (tertiary/aromatic N) is 1. The van der Waals surface area contributed by atoms with Crippen molar-refractivity contribution < 1.29 is 14.7 Å². The van der Waals surface area contributed by atoms with E-state index < -0.39 is 5.97 Å². The topological polar surface area (TPSA) is 69.6 Å². The summed E-state index contributed by atoms with van der Waals surface area (Å²) in [4.78, 5) is 25.3. The Morgan fingerprint density at radius 1 is 1.21 bits per heavy atom. The molecule has 1 fully saturated rings. The van der Waals surface area contributed by atoms with E-state index in [0.717, 1.165) is 25.7 Å². The molecule has 0 spiro atoms. The van der Waals surface area contributed by atoms with E-state index in [9.17, 15) is 9.59 Å². The molecule has 5 heteroatoms. The standard InChI is InChI=1S/C19H28N2O3/c1-3-17(13-14-7-5-4-6-8-14)21(2)19(24)20-16-11-9-15(10-12-16)18(22)23/h4-8,15-17H,3,9-13H2,1-2H3,(H,20,24)(H,22,23). The molecule has 1 saturated carbocycles. The van der Waals surface area contributed by atoms with Gasteiger partial charge in [0.15, 0.2) is 0 Å². The largest absolute Gasteiger partial charge is 0.481 e. The van der Waals surface area contributed by atoms with Gasteiger partial charge in [0.25, 0.3) is 0 Å². The van der Waals surface area contributed by atoms with Gasteiger partial charge >= 0.3 is 12.0 Å². The number of carboxylic acids is 1. The molecule has 0 bridgehead atoms. The number of rotatable bonds is 6. The Morgan fingerprint density at radius 3 is 2.38 bits per heavy atom. The maximum atomic E-state index is 12.5. The third-order valence-electron chi connectivity index (χ3n) is 5.06. The van der Waals surface area contributed by atoms with E-state index in [1.54, 1.807) is 4.90 Å². The monoisotopic (exact) mass is 332 g/mol. The summed E-state index contributed by atoms with van der Waals surface area (Å²) in [6, 6.07) is 10.4. The first-order valence-electron chi connectivity index (χ1n) is 8.81. The first-order valence-corrected chi connectivity index (χ1v) is 8.81. The average molecular weight is 332 g/mol. The molecule has 0 saturated heterocycles. The second-order valence-electron chi connectivity index (χ2n) is 6.70. The van der Waals surface area contributed by atoms with E-state index in [-0.39, 0.29) is 24.0 Å². The van der Waals surface area contributed by atoms with Gasteiger partial charge in [-0.05, 0) is 44.1 Å². The third kappa shape index (κ3) is 4.98. The van der Waals surface area contributed by atoms with Gasteiger partial charge in [-0.2, -0.15) is 0 Å². The fraction of sp³-hybridized carbons (Fsp3) is 0.579. The van der Waals surface area contributed by atoms with E-state index >= 15 is 0 Å². The molecule has 1 atom stereocenters. The Hall–Kier alpha value is -2.04. The Labute approximate surface area is 144 Å². The molecule has 5 nitrogen and oxygen atoms in total. The summed E-state index contributed by atoms with van der Waals surface area (Å²) in [6.45, 7) is 2.09. The summed E-state index contributed by atoms with van der Waals surface area (Å²) in [5.74, 6) is -0.969. The maximum Gasteiger partial charge on any atom is 0.317 e. The smallest absolute Gasteiger partial charge is 0.317 e. The lowest BCUT2D eigenvalue weighted by Crippen LogP contribution is -2.48. The molecule has 1 aliphatic carbocycles. The summed E-state index contributed by atoms with van der Waals surface area (Å²) in [7, 11) is 1.84. The second kappa shape index (κ2) is 8.71. The Bertz CT molecular complexity index is 539. The first kappa shape index (κ1) is 18.3. The minimum atomic E-state index is -0.717. The first-order chi connectivity index (χ1) is 11.5. The lowest BCUT2D eigenvalue weighted by molar-refractivity contribution is -0.142. The minimum Gasteiger partial charge on any atom is -0.481 e. The van der Waals surface area contributed by atoms with Gasteiger partial charge < -0.3 is 15.3 Å². The zero-order valence-electron chi connectivity index (χ0n) is 14.6. The van der Waals surface area contributed by atoms with Crippen LogP contribution in [-0.4, -0.2) is 41.1 Å². The van der Waals surface area contributed by atoms with E-state index in [1.165, 1.54) is 5.56 Å². The van der Waals surface area contributed by atoms with Gasteiger partial charge in [0, 0.05) is 19.1 Å². The minimum absolute atomic E-state index is 0.0587. The SMILES string of the molecule is CCC(Cc1ccccc1)N(C)C(=O)NC1CCC(C(=O)O)CC1. The van der Waals surface area contributed by atoms with Crippen molar-refractivity contribution in [3.05, 3.63) is 35.9 Å². The number of carboxylic acid groups (broad SMARTS) is 1. The molecule has 0 radical (unpaired) electrons. The van der Waals surface area contributed by atoms with Crippen molar-refractivity contribution in [2.24, 2.45) is 5.92 Å². The maximum absolute atomic E-state index is 12.5. The number of amides is 2. The van der Waals surface area contributed by atoms with Gasteiger partial charge in [0.1, 0.15) is 0 Å². The van der Waals surface area contributed by atoms with Crippen LogP contribution in [0.2, 0.25) is 0 Å². The third-order valence-corrected chi connectivity index (χ3v) is 5.06. The fourth-order valence-corrected chi connectivity index (χ4v) is 3.37.